The van der Waals surface area contributed by atoms with Gasteiger partial charge in [-0.05, 0) is 30.3 Å². The molecule has 2 aromatic carbocycles. The first kappa shape index (κ1) is 17.1. The third kappa shape index (κ3) is 2.87. The van der Waals surface area contributed by atoms with E-state index in [1.165, 1.54) is 6.07 Å². The van der Waals surface area contributed by atoms with Crippen molar-refractivity contribution in [1.29, 1.82) is 0 Å². The number of nitrogens with zero attached hydrogens (tertiary/aromatic N) is 1. The molecule has 3 rings (SSSR count). The zero-order chi connectivity index (χ0) is 18.4. The molecule has 0 spiro atoms. The summed E-state index contributed by atoms with van der Waals surface area (Å²) >= 11 is 0. The van der Waals surface area contributed by atoms with Gasteiger partial charge in [0.15, 0.2) is 0 Å². The molecule has 3 N–H and O–H groups in total. The van der Waals surface area contributed by atoms with E-state index in [9.17, 15) is 18.3 Å². The number of carbonyl (C=O) groups is 1. The standard InChI is InChI=1S/C16H16N2O6S/c1-18(2)11-5-3-10(4-6-11)16(15(19)20)17-13-9-12(25(21,22)23)7-8-14(13)24-16/h3-9,17H,1-2H3,(H,19,20)(H,21,22,23). The van der Waals surface area contributed by atoms with Gasteiger partial charge in [-0.25, -0.2) is 4.79 Å². The van der Waals surface area contributed by atoms with Crippen LogP contribution < -0.4 is 15.0 Å². The molecule has 0 amide bonds. The molecular weight excluding hydrogens is 348 g/mol. The van der Waals surface area contributed by atoms with E-state index in [2.05, 4.69) is 5.32 Å². The molecule has 1 unspecified atom stereocenters. The SMILES string of the molecule is CN(C)c1ccc(C2(C(=O)O)Nc3cc(S(=O)(=O)O)ccc3O2)cc1. The van der Waals surface area contributed by atoms with Gasteiger partial charge in [0.2, 0.25) is 0 Å². The Kier molecular flexibility index (Phi) is 3.85. The minimum Gasteiger partial charge on any atom is -0.477 e. The molecule has 25 heavy (non-hydrogen) atoms. The van der Waals surface area contributed by atoms with E-state index in [1.54, 1.807) is 24.3 Å². The van der Waals surface area contributed by atoms with Crippen LogP contribution in [-0.2, 0) is 20.6 Å². The van der Waals surface area contributed by atoms with Gasteiger partial charge < -0.3 is 20.1 Å². The third-order valence-corrected chi connectivity index (χ3v) is 4.76. The van der Waals surface area contributed by atoms with Crippen LogP contribution in [0.5, 0.6) is 5.75 Å². The number of fused-ring (bicyclic) bond motifs is 1. The third-order valence-electron chi connectivity index (χ3n) is 3.91. The minimum absolute atomic E-state index is 0.161. The summed E-state index contributed by atoms with van der Waals surface area (Å²) in [4.78, 5) is 13.4. The Morgan fingerprint density at radius 3 is 2.32 bits per heavy atom. The first-order valence-corrected chi connectivity index (χ1v) is 8.67. The van der Waals surface area contributed by atoms with Crippen molar-refractivity contribution in [2.45, 2.75) is 10.6 Å². The lowest BCUT2D eigenvalue weighted by Crippen LogP contribution is -2.45. The van der Waals surface area contributed by atoms with Crippen molar-refractivity contribution >= 4 is 27.5 Å². The van der Waals surface area contributed by atoms with Gasteiger partial charge >= 0.3 is 11.7 Å². The van der Waals surface area contributed by atoms with Crippen molar-refractivity contribution in [1.82, 2.24) is 0 Å². The van der Waals surface area contributed by atoms with Crippen molar-refractivity contribution in [3.63, 3.8) is 0 Å². The largest absolute Gasteiger partial charge is 0.477 e. The number of rotatable bonds is 4. The predicted molar refractivity (Wildman–Crippen MR) is 90.6 cm³/mol. The van der Waals surface area contributed by atoms with Crippen LogP contribution >= 0.6 is 0 Å². The minimum atomic E-state index is -4.41. The smallest absolute Gasteiger partial charge is 0.375 e. The van der Waals surface area contributed by atoms with Gasteiger partial charge in [0.25, 0.3) is 10.1 Å². The van der Waals surface area contributed by atoms with Crippen molar-refractivity contribution in [2.24, 2.45) is 0 Å². The molecule has 0 saturated heterocycles. The van der Waals surface area contributed by atoms with Crippen LogP contribution in [0.3, 0.4) is 0 Å². The van der Waals surface area contributed by atoms with Crippen LogP contribution in [0.25, 0.3) is 0 Å². The van der Waals surface area contributed by atoms with E-state index < -0.39 is 21.8 Å². The molecule has 0 saturated carbocycles. The maximum Gasteiger partial charge on any atom is 0.375 e. The van der Waals surface area contributed by atoms with Crippen LogP contribution in [0.1, 0.15) is 5.56 Å². The van der Waals surface area contributed by atoms with Crippen molar-refractivity contribution in [3.05, 3.63) is 48.0 Å². The second kappa shape index (κ2) is 5.64. The highest BCUT2D eigenvalue weighted by molar-refractivity contribution is 7.85. The molecule has 8 nitrogen and oxygen atoms in total. The Bertz CT molecular complexity index is 940. The Morgan fingerprint density at radius 1 is 1.16 bits per heavy atom. The number of carboxylic acids is 1. The zero-order valence-corrected chi connectivity index (χ0v) is 14.2. The quantitative estimate of drug-likeness (QED) is 0.703. The van der Waals surface area contributed by atoms with Crippen LogP contribution in [0.15, 0.2) is 47.4 Å². The predicted octanol–water partition coefficient (Wildman–Crippen LogP) is 1.74. The van der Waals surface area contributed by atoms with E-state index >= 15 is 0 Å². The summed E-state index contributed by atoms with van der Waals surface area (Å²) < 4.78 is 37.3. The molecule has 0 bridgehead atoms. The maximum absolute atomic E-state index is 11.9. The first-order chi connectivity index (χ1) is 11.6. The molecule has 1 aliphatic rings. The van der Waals surface area contributed by atoms with E-state index in [0.717, 1.165) is 17.8 Å². The van der Waals surface area contributed by atoms with Gasteiger partial charge in [-0.1, -0.05) is 12.1 Å². The first-order valence-electron chi connectivity index (χ1n) is 7.23. The number of nitrogens with one attached hydrogen (secondary N) is 1. The van der Waals surface area contributed by atoms with Crippen LogP contribution in [0.4, 0.5) is 11.4 Å². The zero-order valence-electron chi connectivity index (χ0n) is 13.4. The second-order valence-electron chi connectivity index (χ2n) is 5.79. The summed E-state index contributed by atoms with van der Waals surface area (Å²) in [5.74, 6) is -1.11. The summed E-state index contributed by atoms with van der Waals surface area (Å²) in [5.41, 5.74) is -0.497. The summed E-state index contributed by atoms with van der Waals surface area (Å²) in [6, 6.07) is 10.3. The molecule has 1 aliphatic heterocycles. The number of carboxylic acid groups (broad SMARTS) is 1. The van der Waals surface area contributed by atoms with Gasteiger partial charge in [-0.2, -0.15) is 8.42 Å². The van der Waals surface area contributed by atoms with Gasteiger partial charge in [0.05, 0.1) is 10.6 Å². The van der Waals surface area contributed by atoms with E-state index in [0.29, 0.717) is 5.56 Å². The van der Waals surface area contributed by atoms with Crippen LogP contribution in [0.2, 0.25) is 0 Å². The fraction of sp³-hybridized carbons (Fsp3) is 0.188. The second-order valence-corrected chi connectivity index (χ2v) is 7.21. The highest BCUT2D eigenvalue weighted by Gasteiger charge is 2.48. The molecule has 2 aromatic rings. The van der Waals surface area contributed by atoms with Crippen LogP contribution in [-0.4, -0.2) is 38.1 Å². The molecule has 132 valence electrons. The average molecular weight is 364 g/mol. The Labute approximate surface area is 144 Å². The Balaban J connectivity index is 2.04. The Hall–Kier alpha value is -2.78. The van der Waals surface area contributed by atoms with Gasteiger partial charge in [-0.3, -0.25) is 4.55 Å². The number of aliphatic carboxylic acids is 1. The molecular formula is C16H16N2O6S. The van der Waals surface area contributed by atoms with Gasteiger partial charge in [-0.15, -0.1) is 0 Å². The molecule has 0 aromatic heterocycles. The molecule has 0 aliphatic carbocycles. The van der Waals surface area contributed by atoms with E-state index in [4.69, 9.17) is 9.29 Å². The summed E-state index contributed by atoms with van der Waals surface area (Å²) in [6.07, 6.45) is 0. The summed E-state index contributed by atoms with van der Waals surface area (Å²) in [7, 11) is -0.690. The lowest BCUT2D eigenvalue weighted by Gasteiger charge is -2.25. The lowest BCUT2D eigenvalue weighted by molar-refractivity contribution is -0.152. The van der Waals surface area contributed by atoms with Gasteiger partial charge in [0.1, 0.15) is 5.75 Å². The number of ether oxygens (including phenoxy) is 1. The highest BCUT2D eigenvalue weighted by Crippen LogP contribution is 2.43. The van der Waals surface area contributed by atoms with E-state index in [1.807, 2.05) is 19.0 Å². The normalized spacial score (nSPS) is 18.8. The number of hydrogen-bond donors (Lipinski definition) is 3. The van der Waals surface area contributed by atoms with Crippen molar-refractivity contribution in [2.75, 3.05) is 24.3 Å². The van der Waals surface area contributed by atoms with Gasteiger partial charge in [0, 0.05) is 25.3 Å². The number of anilines is 2. The molecule has 0 fully saturated rings. The lowest BCUT2D eigenvalue weighted by atomic mass is 10.0. The molecule has 1 heterocycles. The molecule has 9 heteroatoms. The van der Waals surface area contributed by atoms with Crippen molar-refractivity contribution < 1.29 is 27.6 Å². The molecule has 1 atom stereocenters. The average Bonchev–Trinajstić information content (AvgIpc) is 2.94. The van der Waals surface area contributed by atoms with Crippen LogP contribution in [0, 0.1) is 0 Å². The van der Waals surface area contributed by atoms with Crippen molar-refractivity contribution in [3.8, 4) is 5.75 Å². The number of hydrogen-bond acceptors (Lipinski definition) is 6. The monoisotopic (exact) mass is 364 g/mol. The topological polar surface area (TPSA) is 116 Å². The number of benzene rings is 2. The fourth-order valence-electron chi connectivity index (χ4n) is 2.58. The molecule has 0 radical (unpaired) electrons. The maximum atomic E-state index is 11.9. The summed E-state index contributed by atoms with van der Waals surface area (Å²) in [6.45, 7) is 0. The fourth-order valence-corrected chi connectivity index (χ4v) is 3.09. The Morgan fingerprint density at radius 2 is 1.80 bits per heavy atom. The van der Waals surface area contributed by atoms with E-state index in [-0.39, 0.29) is 16.3 Å². The highest BCUT2D eigenvalue weighted by atomic mass is 32.2. The summed E-state index contributed by atoms with van der Waals surface area (Å²) in [5, 5.41) is 12.4.